The van der Waals surface area contributed by atoms with Gasteiger partial charge in [0.15, 0.2) is 0 Å². The van der Waals surface area contributed by atoms with E-state index in [2.05, 4.69) is 84.7 Å². The van der Waals surface area contributed by atoms with Gasteiger partial charge in [-0.05, 0) is 59.8 Å². The lowest BCUT2D eigenvalue weighted by Gasteiger charge is -2.44. The number of nitrogens with zero attached hydrogens (tertiary/aromatic N) is 1. The average molecular weight is 457 g/mol. The number of rotatable bonds is 3. The van der Waals surface area contributed by atoms with Gasteiger partial charge in [0, 0.05) is 17.5 Å². The Kier molecular flexibility index (Phi) is 5.25. The number of benzene rings is 3. The zero-order valence-electron chi connectivity index (χ0n) is 19.9. The molecule has 1 amide bonds. The molecule has 3 saturated heterocycles. The maximum Gasteiger partial charge on any atom is 0.407 e. The lowest BCUT2D eigenvalue weighted by molar-refractivity contribution is -0.0361. The molecule has 5 heteroatoms. The van der Waals surface area contributed by atoms with Gasteiger partial charge in [0.1, 0.15) is 11.9 Å². The van der Waals surface area contributed by atoms with Crippen molar-refractivity contribution in [3.05, 3.63) is 66.2 Å². The van der Waals surface area contributed by atoms with E-state index in [0.29, 0.717) is 12.5 Å². The standard InChI is InChI=1S/C29H32N2O3/c1-29(2)18-33-25-16-21(23-9-5-7-19-6-3-4-8-22(19)23)10-11-24(25)27(29)30-28(32)34-26-17-31-14-12-20(26)13-15-31/h3-11,16,20,26-27H,12-15,17-18H2,1-2H3,(H,30,32)/t26-,27?/m1/s1. The van der Waals surface area contributed by atoms with Crippen LogP contribution in [0.4, 0.5) is 4.79 Å². The monoisotopic (exact) mass is 456 g/mol. The molecular formula is C29H32N2O3. The van der Waals surface area contributed by atoms with Crippen molar-refractivity contribution in [3.8, 4) is 16.9 Å². The second-order valence-corrected chi connectivity index (χ2v) is 10.7. The molecule has 3 aromatic rings. The average Bonchev–Trinajstić information content (AvgIpc) is 2.86. The minimum atomic E-state index is -0.317. The molecule has 0 radical (unpaired) electrons. The number of fused-ring (bicyclic) bond motifs is 5. The SMILES string of the molecule is CC1(C)COc2cc(-c3cccc4ccccc34)ccc2C1NC(=O)O[C@@H]1CN2CCC1CC2. The molecule has 4 aliphatic heterocycles. The van der Waals surface area contributed by atoms with Crippen molar-refractivity contribution in [3.63, 3.8) is 0 Å². The first-order valence-corrected chi connectivity index (χ1v) is 12.4. The summed E-state index contributed by atoms with van der Waals surface area (Å²) in [4.78, 5) is 15.4. The van der Waals surface area contributed by atoms with Gasteiger partial charge in [-0.1, -0.05) is 68.4 Å². The van der Waals surface area contributed by atoms with Crippen LogP contribution in [-0.2, 0) is 4.74 Å². The van der Waals surface area contributed by atoms with E-state index in [0.717, 1.165) is 49.4 Å². The molecule has 5 nitrogen and oxygen atoms in total. The van der Waals surface area contributed by atoms with E-state index < -0.39 is 0 Å². The summed E-state index contributed by atoms with van der Waals surface area (Å²) in [6, 6.07) is 21.0. The number of carbonyl (C=O) groups excluding carboxylic acids is 1. The van der Waals surface area contributed by atoms with Gasteiger partial charge in [0.2, 0.25) is 0 Å². The van der Waals surface area contributed by atoms with Crippen molar-refractivity contribution in [2.24, 2.45) is 11.3 Å². The maximum atomic E-state index is 13.0. The summed E-state index contributed by atoms with van der Waals surface area (Å²) in [7, 11) is 0. The molecule has 1 N–H and O–H groups in total. The highest BCUT2D eigenvalue weighted by molar-refractivity contribution is 5.96. The van der Waals surface area contributed by atoms with Gasteiger partial charge in [0.25, 0.3) is 0 Å². The molecule has 0 spiro atoms. The molecule has 2 atom stereocenters. The number of nitrogens with one attached hydrogen (secondary N) is 1. The lowest BCUT2D eigenvalue weighted by atomic mass is 9.78. The van der Waals surface area contributed by atoms with Crippen molar-refractivity contribution in [1.82, 2.24) is 10.2 Å². The zero-order chi connectivity index (χ0) is 23.3. The fourth-order valence-corrected chi connectivity index (χ4v) is 5.92. The summed E-state index contributed by atoms with van der Waals surface area (Å²) in [5, 5.41) is 5.64. The van der Waals surface area contributed by atoms with Crippen LogP contribution in [0.15, 0.2) is 60.7 Å². The second kappa shape index (κ2) is 8.31. The highest BCUT2D eigenvalue weighted by Gasteiger charge is 2.41. The fraction of sp³-hybridized carbons (Fsp3) is 0.414. The van der Waals surface area contributed by atoms with Crippen LogP contribution in [0.25, 0.3) is 21.9 Å². The summed E-state index contributed by atoms with van der Waals surface area (Å²) < 4.78 is 12.2. The number of hydrogen-bond acceptors (Lipinski definition) is 4. The smallest absolute Gasteiger partial charge is 0.407 e. The van der Waals surface area contributed by atoms with E-state index >= 15 is 0 Å². The number of piperidine rings is 3. The van der Waals surface area contributed by atoms with Gasteiger partial charge < -0.3 is 14.8 Å². The lowest BCUT2D eigenvalue weighted by Crippen LogP contribution is -2.53. The number of amides is 1. The summed E-state index contributed by atoms with van der Waals surface area (Å²) in [5.41, 5.74) is 3.05. The van der Waals surface area contributed by atoms with Crippen LogP contribution >= 0.6 is 0 Å². The molecule has 0 saturated carbocycles. The molecule has 176 valence electrons. The summed E-state index contributed by atoms with van der Waals surface area (Å²) >= 11 is 0. The van der Waals surface area contributed by atoms with Crippen molar-refractivity contribution in [1.29, 1.82) is 0 Å². The Bertz CT molecular complexity index is 1220. The van der Waals surface area contributed by atoms with Crippen LogP contribution < -0.4 is 10.1 Å². The molecule has 3 aromatic carbocycles. The van der Waals surface area contributed by atoms with Crippen LogP contribution in [0, 0.1) is 11.3 Å². The summed E-state index contributed by atoms with van der Waals surface area (Å²) in [5.74, 6) is 1.33. The molecule has 7 rings (SSSR count). The van der Waals surface area contributed by atoms with E-state index in [1.807, 2.05) is 0 Å². The minimum Gasteiger partial charge on any atom is -0.493 e. The Hall–Kier alpha value is -3.05. The van der Waals surface area contributed by atoms with E-state index in [1.54, 1.807) is 0 Å². The molecule has 0 aromatic heterocycles. The molecule has 2 bridgehead atoms. The van der Waals surface area contributed by atoms with Crippen LogP contribution in [0.3, 0.4) is 0 Å². The first-order valence-electron chi connectivity index (χ1n) is 12.4. The second-order valence-electron chi connectivity index (χ2n) is 10.7. The predicted octanol–water partition coefficient (Wildman–Crippen LogP) is 5.79. The molecular weight excluding hydrogens is 424 g/mol. The van der Waals surface area contributed by atoms with Crippen molar-refractivity contribution in [2.45, 2.75) is 38.8 Å². The van der Waals surface area contributed by atoms with Gasteiger partial charge in [-0.3, -0.25) is 4.90 Å². The number of hydrogen-bond donors (Lipinski definition) is 1. The van der Waals surface area contributed by atoms with Gasteiger partial charge in [-0.2, -0.15) is 0 Å². The van der Waals surface area contributed by atoms with E-state index in [9.17, 15) is 4.79 Å². The molecule has 3 fully saturated rings. The fourth-order valence-electron chi connectivity index (χ4n) is 5.92. The van der Waals surface area contributed by atoms with E-state index in [-0.39, 0.29) is 23.7 Å². The maximum absolute atomic E-state index is 13.0. The normalized spacial score (nSPS) is 27.0. The van der Waals surface area contributed by atoms with E-state index in [1.165, 1.54) is 16.3 Å². The summed E-state index contributed by atoms with van der Waals surface area (Å²) in [6.45, 7) is 7.92. The number of carbonyl (C=O) groups is 1. The molecule has 0 aliphatic carbocycles. The number of ether oxygens (including phenoxy) is 2. The molecule has 1 unspecified atom stereocenters. The highest BCUT2D eigenvalue weighted by Crippen LogP contribution is 2.45. The Balaban J connectivity index is 1.26. The Morgan fingerprint density at radius 3 is 2.65 bits per heavy atom. The third kappa shape index (κ3) is 3.82. The van der Waals surface area contributed by atoms with Gasteiger partial charge in [-0.15, -0.1) is 0 Å². The molecule has 4 heterocycles. The van der Waals surface area contributed by atoms with Crippen LogP contribution in [-0.4, -0.2) is 43.3 Å². The molecule has 34 heavy (non-hydrogen) atoms. The minimum absolute atomic E-state index is 0.00124. The highest BCUT2D eigenvalue weighted by atomic mass is 16.6. The first-order chi connectivity index (χ1) is 16.5. The first kappa shape index (κ1) is 21.5. The third-order valence-corrected chi connectivity index (χ3v) is 7.92. The van der Waals surface area contributed by atoms with Gasteiger partial charge in [-0.25, -0.2) is 4.79 Å². The Morgan fingerprint density at radius 2 is 1.85 bits per heavy atom. The topological polar surface area (TPSA) is 50.8 Å². The Labute approximate surface area is 201 Å². The van der Waals surface area contributed by atoms with Gasteiger partial charge >= 0.3 is 6.09 Å². The van der Waals surface area contributed by atoms with Crippen LogP contribution in [0.5, 0.6) is 5.75 Å². The third-order valence-electron chi connectivity index (χ3n) is 7.92. The summed E-state index contributed by atoms with van der Waals surface area (Å²) in [6.07, 6.45) is 1.93. The van der Waals surface area contributed by atoms with Crippen LogP contribution in [0.2, 0.25) is 0 Å². The van der Waals surface area contributed by atoms with Crippen molar-refractivity contribution < 1.29 is 14.3 Å². The van der Waals surface area contributed by atoms with Crippen molar-refractivity contribution in [2.75, 3.05) is 26.2 Å². The zero-order valence-corrected chi connectivity index (χ0v) is 19.9. The quantitative estimate of drug-likeness (QED) is 0.542. The number of alkyl carbamates (subject to hydrolysis) is 1. The van der Waals surface area contributed by atoms with E-state index in [4.69, 9.17) is 9.47 Å². The van der Waals surface area contributed by atoms with Crippen molar-refractivity contribution >= 4 is 16.9 Å². The molecule has 4 aliphatic rings. The van der Waals surface area contributed by atoms with Crippen LogP contribution in [0.1, 0.15) is 38.3 Å². The largest absolute Gasteiger partial charge is 0.493 e. The van der Waals surface area contributed by atoms with Gasteiger partial charge in [0.05, 0.1) is 12.6 Å². The predicted molar refractivity (Wildman–Crippen MR) is 134 cm³/mol. The Morgan fingerprint density at radius 1 is 1.06 bits per heavy atom.